The molecule has 1 saturated carbocycles. The van der Waals surface area contributed by atoms with E-state index in [-0.39, 0.29) is 0 Å². The van der Waals surface area contributed by atoms with E-state index >= 15 is 0 Å². The van der Waals surface area contributed by atoms with Crippen LogP contribution in [0.4, 0.5) is 0 Å². The first-order chi connectivity index (χ1) is 7.40. The van der Waals surface area contributed by atoms with Crippen LogP contribution in [0.15, 0.2) is 6.20 Å². The predicted octanol–water partition coefficient (Wildman–Crippen LogP) is 3.30. The van der Waals surface area contributed by atoms with Gasteiger partial charge in [0.15, 0.2) is 0 Å². The van der Waals surface area contributed by atoms with Crippen molar-refractivity contribution in [1.82, 2.24) is 10.3 Å². The summed E-state index contributed by atoms with van der Waals surface area (Å²) in [6.45, 7) is 4.39. The highest BCUT2D eigenvalue weighted by Gasteiger charge is 2.26. The van der Waals surface area contributed by atoms with Gasteiger partial charge >= 0.3 is 0 Å². The summed E-state index contributed by atoms with van der Waals surface area (Å²) in [5, 5.41) is 4.84. The van der Waals surface area contributed by atoms with Crippen LogP contribution in [0, 0.1) is 0 Å². The summed E-state index contributed by atoms with van der Waals surface area (Å²) in [5.74, 6) is 0.809. The Balaban J connectivity index is 1.64. The zero-order chi connectivity index (χ0) is 10.5. The van der Waals surface area contributed by atoms with Crippen LogP contribution in [0.2, 0.25) is 0 Å². The van der Waals surface area contributed by atoms with Crippen molar-refractivity contribution in [3.63, 3.8) is 0 Å². The molecule has 2 nitrogen and oxygen atoms in total. The molecule has 1 fully saturated rings. The molecule has 0 aromatic carbocycles. The number of nitrogens with one attached hydrogen (secondary N) is 1. The molecule has 0 bridgehead atoms. The summed E-state index contributed by atoms with van der Waals surface area (Å²) in [7, 11) is 0. The molecule has 1 aliphatic carbocycles. The van der Waals surface area contributed by atoms with Gasteiger partial charge < -0.3 is 5.32 Å². The summed E-state index contributed by atoms with van der Waals surface area (Å²) in [6.07, 6.45) is 8.70. The van der Waals surface area contributed by atoms with Crippen molar-refractivity contribution in [2.75, 3.05) is 6.54 Å². The Morgan fingerprint density at radius 2 is 2.33 bits per heavy atom. The van der Waals surface area contributed by atoms with E-state index in [0.717, 1.165) is 19.0 Å². The van der Waals surface area contributed by atoms with Crippen LogP contribution >= 0.6 is 11.3 Å². The highest BCUT2D eigenvalue weighted by molar-refractivity contribution is 7.11. The standard InChI is InChI=1S/C12H20N2S/c1-2-3-4-7-13-8-11-9-14-12(15-11)10-5-6-10/h9-10,13H,2-8H2,1H3. The monoisotopic (exact) mass is 224 g/mol. The fourth-order valence-corrected chi connectivity index (χ4v) is 2.69. The molecule has 0 atom stereocenters. The van der Waals surface area contributed by atoms with Gasteiger partial charge in [-0.15, -0.1) is 11.3 Å². The van der Waals surface area contributed by atoms with Crippen molar-refractivity contribution in [1.29, 1.82) is 0 Å². The first-order valence-corrected chi connectivity index (χ1v) is 6.87. The largest absolute Gasteiger partial charge is 0.312 e. The van der Waals surface area contributed by atoms with Crippen molar-refractivity contribution in [2.24, 2.45) is 0 Å². The van der Waals surface area contributed by atoms with Crippen molar-refractivity contribution in [2.45, 2.75) is 51.5 Å². The van der Waals surface area contributed by atoms with E-state index in [9.17, 15) is 0 Å². The van der Waals surface area contributed by atoms with E-state index in [4.69, 9.17) is 0 Å². The lowest BCUT2D eigenvalue weighted by atomic mass is 10.2. The fourth-order valence-electron chi connectivity index (χ4n) is 1.63. The van der Waals surface area contributed by atoms with E-state index in [2.05, 4.69) is 17.2 Å². The molecule has 0 amide bonds. The minimum Gasteiger partial charge on any atom is -0.312 e. The molecule has 1 heterocycles. The molecule has 0 aliphatic heterocycles. The maximum atomic E-state index is 4.47. The molecule has 1 N–H and O–H groups in total. The molecule has 15 heavy (non-hydrogen) atoms. The lowest BCUT2D eigenvalue weighted by Gasteiger charge is -2.00. The molecular weight excluding hydrogens is 204 g/mol. The van der Waals surface area contributed by atoms with Crippen LogP contribution in [-0.4, -0.2) is 11.5 Å². The van der Waals surface area contributed by atoms with Crippen molar-refractivity contribution < 1.29 is 0 Å². The number of aromatic nitrogens is 1. The first kappa shape index (κ1) is 11.1. The third-order valence-electron chi connectivity index (χ3n) is 2.75. The number of nitrogens with zero attached hydrogens (tertiary/aromatic N) is 1. The molecule has 3 heteroatoms. The van der Waals surface area contributed by atoms with Crippen molar-refractivity contribution >= 4 is 11.3 Å². The number of hydrogen-bond acceptors (Lipinski definition) is 3. The van der Waals surface area contributed by atoms with Gasteiger partial charge in [-0.05, 0) is 25.8 Å². The van der Waals surface area contributed by atoms with Gasteiger partial charge in [-0.25, -0.2) is 4.98 Å². The molecule has 0 saturated heterocycles. The normalized spacial score (nSPS) is 15.8. The average Bonchev–Trinajstić information content (AvgIpc) is 2.99. The smallest absolute Gasteiger partial charge is 0.0959 e. The minimum atomic E-state index is 0.809. The lowest BCUT2D eigenvalue weighted by Crippen LogP contribution is -2.13. The van der Waals surface area contributed by atoms with Crippen molar-refractivity contribution in [3.8, 4) is 0 Å². The maximum Gasteiger partial charge on any atom is 0.0959 e. The van der Waals surface area contributed by atoms with Gasteiger partial charge in [-0.3, -0.25) is 0 Å². The molecule has 1 aliphatic rings. The number of unbranched alkanes of at least 4 members (excludes halogenated alkanes) is 2. The minimum absolute atomic E-state index is 0.809. The molecular formula is C12H20N2S. The molecule has 1 aromatic heterocycles. The third-order valence-corrected chi connectivity index (χ3v) is 3.91. The quantitative estimate of drug-likeness (QED) is 0.719. The van der Waals surface area contributed by atoms with Gasteiger partial charge in [0.25, 0.3) is 0 Å². The molecule has 0 unspecified atom stereocenters. The molecule has 0 spiro atoms. The zero-order valence-corrected chi connectivity index (χ0v) is 10.3. The Morgan fingerprint density at radius 1 is 1.47 bits per heavy atom. The van der Waals surface area contributed by atoms with E-state index in [1.807, 2.05) is 17.5 Å². The Hall–Kier alpha value is -0.410. The molecule has 0 radical (unpaired) electrons. The Labute approximate surface area is 96.1 Å². The first-order valence-electron chi connectivity index (χ1n) is 6.05. The highest BCUT2D eigenvalue weighted by Crippen LogP contribution is 2.41. The van der Waals surface area contributed by atoms with Gasteiger partial charge in [0.05, 0.1) is 5.01 Å². The summed E-state index contributed by atoms with van der Waals surface area (Å²) in [4.78, 5) is 5.87. The Kier molecular flexibility index (Phi) is 4.15. The van der Waals surface area contributed by atoms with Crippen molar-refractivity contribution in [3.05, 3.63) is 16.1 Å². The number of hydrogen-bond donors (Lipinski definition) is 1. The molecule has 2 rings (SSSR count). The zero-order valence-electron chi connectivity index (χ0n) is 9.46. The lowest BCUT2D eigenvalue weighted by molar-refractivity contribution is 0.620. The third kappa shape index (κ3) is 3.58. The van der Waals surface area contributed by atoms with E-state index in [1.165, 1.54) is 42.0 Å². The van der Waals surface area contributed by atoms with Gasteiger partial charge in [0, 0.05) is 23.5 Å². The van der Waals surface area contributed by atoms with E-state index in [1.54, 1.807) is 0 Å². The second-order valence-corrected chi connectivity index (χ2v) is 5.47. The van der Waals surface area contributed by atoms with E-state index in [0.29, 0.717) is 0 Å². The average molecular weight is 224 g/mol. The van der Waals surface area contributed by atoms with Gasteiger partial charge in [-0.1, -0.05) is 19.8 Å². The van der Waals surface area contributed by atoms with Crippen LogP contribution in [0.25, 0.3) is 0 Å². The predicted molar refractivity (Wildman–Crippen MR) is 65.3 cm³/mol. The number of rotatable bonds is 7. The van der Waals surface area contributed by atoms with Gasteiger partial charge in [0.2, 0.25) is 0 Å². The number of thiazole rings is 1. The second-order valence-electron chi connectivity index (χ2n) is 4.32. The van der Waals surface area contributed by atoms with Crippen LogP contribution in [-0.2, 0) is 6.54 Å². The topological polar surface area (TPSA) is 24.9 Å². The summed E-state index contributed by atoms with van der Waals surface area (Å²) in [5.41, 5.74) is 0. The van der Waals surface area contributed by atoms with E-state index < -0.39 is 0 Å². The SMILES string of the molecule is CCCCCNCc1cnc(C2CC2)s1. The van der Waals surface area contributed by atoms with Crippen LogP contribution in [0.3, 0.4) is 0 Å². The Morgan fingerprint density at radius 3 is 3.07 bits per heavy atom. The van der Waals surface area contributed by atoms with Crippen LogP contribution in [0.1, 0.15) is 54.8 Å². The van der Waals surface area contributed by atoms with Crippen LogP contribution in [0.5, 0.6) is 0 Å². The summed E-state index contributed by atoms with van der Waals surface area (Å²) < 4.78 is 0. The summed E-state index contributed by atoms with van der Waals surface area (Å²) in [6, 6.07) is 0. The highest BCUT2D eigenvalue weighted by atomic mass is 32.1. The molecule has 84 valence electrons. The van der Waals surface area contributed by atoms with Gasteiger partial charge in [0.1, 0.15) is 0 Å². The maximum absolute atomic E-state index is 4.47. The molecule has 1 aromatic rings. The second kappa shape index (κ2) is 5.61. The van der Waals surface area contributed by atoms with Crippen LogP contribution < -0.4 is 5.32 Å². The Bertz CT molecular complexity index is 292. The fraction of sp³-hybridized carbons (Fsp3) is 0.750. The summed E-state index contributed by atoms with van der Waals surface area (Å²) >= 11 is 1.89. The van der Waals surface area contributed by atoms with Gasteiger partial charge in [-0.2, -0.15) is 0 Å².